The second-order valence-corrected chi connectivity index (χ2v) is 5.53. The largest absolute Gasteiger partial charge is 0.391 e. The molecular formula is C17H18N2O3. The number of nitrogens with one attached hydrogen (secondary N) is 1. The average molecular weight is 298 g/mol. The number of aliphatic hydroxyl groups excluding tert-OH is 1. The van der Waals surface area contributed by atoms with Crippen molar-refractivity contribution in [3.05, 3.63) is 58.4 Å². The molecule has 2 heterocycles. The lowest BCUT2D eigenvalue weighted by Gasteiger charge is -2.29. The van der Waals surface area contributed by atoms with Crippen molar-refractivity contribution in [2.24, 2.45) is 0 Å². The van der Waals surface area contributed by atoms with Crippen molar-refractivity contribution in [3.63, 3.8) is 0 Å². The Hall–Kier alpha value is -2.40. The number of piperidine rings is 1. The molecule has 1 atom stereocenters. The smallest absolute Gasteiger partial charge is 0.261 e. The fourth-order valence-corrected chi connectivity index (χ4v) is 2.74. The monoisotopic (exact) mass is 298 g/mol. The standard InChI is InChI=1S/C17H18N2O3/c20-13-7-4-10-19(11-13)17(22)14-8-9-15(18-16(14)21)12-5-2-1-3-6-12/h1-3,5-6,8-9,13,20H,4,7,10-11H2,(H,18,21). The third kappa shape index (κ3) is 2.94. The lowest BCUT2D eigenvalue weighted by molar-refractivity contribution is 0.0472. The Balaban J connectivity index is 1.86. The van der Waals surface area contributed by atoms with Gasteiger partial charge in [-0.2, -0.15) is 0 Å². The highest BCUT2D eigenvalue weighted by Gasteiger charge is 2.24. The van der Waals surface area contributed by atoms with E-state index < -0.39 is 11.7 Å². The van der Waals surface area contributed by atoms with Gasteiger partial charge in [-0.05, 0) is 30.5 Å². The van der Waals surface area contributed by atoms with Gasteiger partial charge in [-0.3, -0.25) is 9.59 Å². The van der Waals surface area contributed by atoms with Crippen LogP contribution >= 0.6 is 0 Å². The fourth-order valence-electron chi connectivity index (χ4n) is 2.74. The van der Waals surface area contributed by atoms with E-state index in [9.17, 15) is 14.7 Å². The zero-order chi connectivity index (χ0) is 15.5. The van der Waals surface area contributed by atoms with E-state index in [1.54, 1.807) is 17.0 Å². The summed E-state index contributed by atoms with van der Waals surface area (Å²) in [5.74, 6) is -0.320. The van der Waals surface area contributed by atoms with Crippen LogP contribution in [-0.2, 0) is 0 Å². The lowest BCUT2D eigenvalue weighted by atomic mass is 10.1. The number of hydrogen-bond donors (Lipinski definition) is 2. The van der Waals surface area contributed by atoms with Crippen LogP contribution in [-0.4, -0.2) is 40.1 Å². The quantitative estimate of drug-likeness (QED) is 0.885. The molecular weight excluding hydrogens is 280 g/mol. The van der Waals surface area contributed by atoms with Crippen LogP contribution in [0.1, 0.15) is 23.2 Å². The predicted octanol–water partition coefficient (Wildman–Crippen LogP) is 1.64. The van der Waals surface area contributed by atoms with Crippen LogP contribution in [0.15, 0.2) is 47.3 Å². The molecule has 5 heteroatoms. The predicted molar refractivity (Wildman–Crippen MR) is 83.6 cm³/mol. The minimum Gasteiger partial charge on any atom is -0.391 e. The van der Waals surface area contributed by atoms with E-state index in [2.05, 4.69) is 4.98 Å². The summed E-state index contributed by atoms with van der Waals surface area (Å²) < 4.78 is 0. The number of aromatic amines is 1. The highest BCUT2D eigenvalue weighted by molar-refractivity contribution is 5.94. The van der Waals surface area contributed by atoms with Gasteiger partial charge in [0.1, 0.15) is 5.56 Å². The van der Waals surface area contributed by atoms with E-state index in [1.807, 2.05) is 30.3 Å². The number of carbonyl (C=O) groups is 1. The summed E-state index contributed by atoms with van der Waals surface area (Å²) in [6.45, 7) is 0.870. The minimum atomic E-state index is -0.500. The maximum atomic E-state index is 12.4. The van der Waals surface area contributed by atoms with Crippen LogP contribution in [0.25, 0.3) is 11.3 Å². The van der Waals surface area contributed by atoms with E-state index in [0.717, 1.165) is 12.0 Å². The number of β-amino-alcohol motifs (C(OH)–C–C–N with tert-alkyl or cyclic N) is 1. The van der Waals surface area contributed by atoms with Gasteiger partial charge in [-0.15, -0.1) is 0 Å². The van der Waals surface area contributed by atoms with Gasteiger partial charge in [-0.1, -0.05) is 30.3 Å². The topological polar surface area (TPSA) is 73.4 Å². The first-order valence-corrected chi connectivity index (χ1v) is 7.41. The van der Waals surface area contributed by atoms with Gasteiger partial charge in [0, 0.05) is 18.8 Å². The third-order valence-corrected chi connectivity index (χ3v) is 3.91. The number of carbonyl (C=O) groups excluding carboxylic acids is 1. The third-order valence-electron chi connectivity index (χ3n) is 3.91. The zero-order valence-corrected chi connectivity index (χ0v) is 12.2. The number of rotatable bonds is 2. The van der Waals surface area contributed by atoms with E-state index in [1.165, 1.54) is 0 Å². The number of amides is 1. The number of hydrogen-bond acceptors (Lipinski definition) is 3. The van der Waals surface area contributed by atoms with Gasteiger partial charge in [0.15, 0.2) is 0 Å². The van der Waals surface area contributed by atoms with E-state index in [-0.39, 0.29) is 11.5 Å². The van der Waals surface area contributed by atoms with Crippen LogP contribution in [0.3, 0.4) is 0 Å². The Labute approximate surface area is 128 Å². The first-order valence-electron chi connectivity index (χ1n) is 7.41. The number of pyridine rings is 1. The molecule has 0 aliphatic carbocycles. The van der Waals surface area contributed by atoms with E-state index >= 15 is 0 Å². The van der Waals surface area contributed by atoms with Gasteiger partial charge in [0.2, 0.25) is 0 Å². The Morgan fingerprint density at radius 1 is 1.18 bits per heavy atom. The number of H-pyrrole nitrogens is 1. The van der Waals surface area contributed by atoms with Crippen molar-refractivity contribution in [2.45, 2.75) is 18.9 Å². The molecule has 1 aliphatic rings. The molecule has 5 nitrogen and oxygen atoms in total. The van der Waals surface area contributed by atoms with Crippen molar-refractivity contribution >= 4 is 5.91 Å². The maximum absolute atomic E-state index is 12.4. The molecule has 0 radical (unpaired) electrons. The van der Waals surface area contributed by atoms with Crippen molar-refractivity contribution < 1.29 is 9.90 Å². The summed E-state index contributed by atoms with van der Waals surface area (Å²) in [6.07, 6.45) is 0.959. The molecule has 3 rings (SSSR count). The first-order chi connectivity index (χ1) is 10.6. The second kappa shape index (κ2) is 6.15. The Morgan fingerprint density at radius 3 is 2.64 bits per heavy atom. The number of nitrogens with zero attached hydrogens (tertiary/aromatic N) is 1. The van der Waals surface area contributed by atoms with Crippen LogP contribution < -0.4 is 5.56 Å². The maximum Gasteiger partial charge on any atom is 0.261 e. The van der Waals surface area contributed by atoms with E-state index in [4.69, 9.17) is 0 Å². The zero-order valence-electron chi connectivity index (χ0n) is 12.2. The van der Waals surface area contributed by atoms with E-state index in [0.29, 0.717) is 25.2 Å². The van der Waals surface area contributed by atoms with Crippen LogP contribution in [0, 0.1) is 0 Å². The highest BCUT2D eigenvalue weighted by Crippen LogP contribution is 2.16. The molecule has 0 saturated carbocycles. The molecule has 1 amide bonds. The molecule has 0 spiro atoms. The number of benzene rings is 1. The molecule has 2 N–H and O–H groups in total. The molecule has 114 valence electrons. The van der Waals surface area contributed by atoms with Crippen molar-refractivity contribution in [3.8, 4) is 11.3 Å². The minimum absolute atomic E-state index is 0.119. The summed E-state index contributed by atoms with van der Waals surface area (Å²) in [6, 6.07) is 12.8. The van der Waals surface area contributed by atoms with Crippen LogP contribution in [0.4, 0.5) is 0 Å². The molecule has 22 heavy (non-hydrogen) atoms. The molecule has 1 unspecified atom stereocenters. The fraction of sp³-hybridized carbons (Fsp3) is 0.294. The second-order valence-electron chi connectivity index (χ2n) is 5.53. The van der Waals surface area contributed by atoms with Crippen molar-refractivity contribution in [1.82, 2.24) is 9.88 Å². The average Bonchev–Trinajstić information content (AvgIpc) is 2.55. The van der Waals surface area contributed by atoms with Crippen molar-refractivity contribution in [2.75, 3.05) is 13.1 Å². The first kappa shape index (κ1) is 14.5. The molecule has 1 aliphatic heterocycles. The van der Waals surface area contributed by atoms with Gasteiger partial charge < -0.3 is 15.0 Å². The number of aromatic nitrogens is 1. The summed E-state index contributed by atoms with van der Waals surface area (Å²) in [7, 11) is 0. The summed E-state index contributed by atoms with van der Waals surface area (Å²) in [5, 5.41) is 9.66. The molecule has 1 saturated heterocycles. The normalized spacial score (nSPS) is 18.2. The molecule has 0 bridgehead atoms. The molecule has 2 aromatic rings. The highest BCUT2D eigenvalue weighted by atomic mass is 16.3. The van der Waals surface area contributed by atoms with Crippen LogP contribution in [0.2, 0.25) is 0 Å². The molecule has 1 aromatic heterocycles. The lowest BCUT2D eigenvalue weighted by Crippen LogP contribution is -2.43. The SMILES string of the molecule is O=C(c1ccc(-c2ccccc2)[nH]c1=O)N1CCCC(O)C1. The molecule has 1 aromatic carbocycles. The van der Waals surface area contributed by atoms with Gasteiger partial charge in [0.05, 0.1) is 6.10 Å². The number of aliphatic hydroxyl groups is 1. The summed E-state index contributed by atoms with van der Waals surface area (Å²) in [4.78, 5) is 28.9. The van der Waals surface area contributed by atoms with Crippen LogP contribution in [0.5, 0.6) is 0 Å². The Morgan fingerprint density at radius 2 is 1.95 bits per heavy atom. The summed E-state index contributed by atoms with van der Waals surface area (Å²) >= 11 is 0. The van der Waals surface area contributed by atoms with Gasteiger partial charge >= 0.3 is 0 Å². The van der Waals surface area contributed by atoms with Gasteiger partial charge in [-0.25, -0.2) is 0 Å². The summed E-state index contributed by atoms with van der Waals surface area (Å²) in [5.41, 5.74) is 1.30. The van der Waals surface area contributed by atoms with Crippen molar-refractivity contribution in [1.29, 1.82) is 0 Å². The Bertz CT molecular complexity index is 724. The van der Waals surface area contributed by atoms with Gasteiger partial charge in [0.25, 0.3) is 11.5 Å². The number of likely N-dealkylation sites (tertiary alicyclic amines) is 1. The Kier molecular flexibility index (Phi) is 4.06. The molecule has 1 fully saturated rings.